The van der Waals surface area contributed by atoms with Crippen LogP contribution in [0.1, 0.15) is 25.4 Å². The molecule has 2 aliphatic rings. The van der Waals surface area contributed by atoms with E-state index in [2.05, 4.69) is 31.9 Å². The highest BCUT2D eigenvalue weighted by atomic mass is 79.9. The van der Waals surface area contributed by atoms with Crippen LogP contribution < -0.4 is 5.82 Å². The third-order valence-corrected chi connectivity index (χ3v) is 7.63. The zero-order valence-electron chi connectivity index (χ0n) is 12.4. The lowest BCUT2D eigenvalue weighted by atomic mass is 9.98. The molecular formula is C13H13Br2NO6S. The van der Waals surface area contributed by atoms with Crippen molar-refractivity contribution in [2.45, 2.75) is 46.8 Å². The fourth-order valence-electron chi connectivity index (χ4n) is 2.68. The highest BCUT2D eigenvalue weighted by molar-refractivity contribution is 9.26. The Kier molecular flexibility index (Phi) is 4.00. The van der Waals surface area contributed by atoms with Crippen molar-refractivity contribution >= 4 is 55.5 Å². The number of alkyl halides is 2. The number of halogens is 2. The number of carbonyl (C=O) groups excluding carboxylic acids is 2. The molecule has 0 aliphatic carbocycles. The molecule has 0 radical (unpaired) electrons. The van der Waals surface area contributed by atoms with Gasteiger partial charge in [0.2, 0.25) is 0 Å². The number of rotatable bonds is 3. The number of hydrogen-bond donors (Lipinski definition) is 0. The van der Waals surface area contributed by atoms with Crippen LogP contribution in [0.5, 0.6) is 0 Å². The Labute approximate surface area is 152 Å². The molecule has 10 heteroatoms. The van der Waals surface area contributed by atoms with Crippen molar-refractivity contribution in [1.82, 2.24) is 4.90 Å². The fourth-order valence-corrected chi connectivity index (χ4v) is 5.59. The summed E-state index contributed by atoms with van der Waals surface area (Å²) in [5.41, 5.74) is 0. The summed E-state index contributed by atoms with van der Waals surface area (Å²) >= 11 is 8.20. The number of fused-ring (bicyclic) bond motifs is 1. The van der Waals surface area contributed by atoms with Gasteiger partial charge in [-0.1, -0.05) is 31.9 Å². The number of thioether (sulfide) groups is 1. The van der Waals surface area contributed by atoms with Crippen LogP contribution >= 0.6 is 43.6 Å². The van der Waals surface area contributed by atoms with Gasteiger partial charge in [0.25, 0.3) is 5.91 Å². The first kappa shape index (κ1) is 17.1. The Hall–Kier alpha value is -0.740. The third-order valence-electron chi connectivity index (χ3n) is 3.84. The molecular weight excluding hydrogens is 458 g/mol. The molecule has 0 N–H and O–H groups in total. The first-order valence-electron chi connectivity index (χ1n) is 6.70. The minimum atomic E-state index is -0.842. The second-order valence-electron chi connectivity index (χ2n) is 5.85. The number of esters is 1. The molecule has 3 rings (SSSR count). The number of aryl methyl sites for hydroxylation is 1. The monoisotopic (exact) mass is 469 g/mol. The molecule has 0 bridgehead atoms. The Balaban J connectivity index is 1.75. The molecule has 1 aromatic heterocycles. The molecule has 7 nitrogen and oxygen atoms in total. The highest BCUT2D eigenvalue weighted by Gasteiger charge is 2.70. The Bertz CT molecular complexity index is 739. The van der Waals surface area contributed by atoms with Gasteiger partial charge in [-0.05, 0) is 20.8 Å². The van der Waals surface area contributed by atoms with Crippen LogP contribution in [-0.2, 0) is 20.9 Å². The van der Waals surface area contributed by atoms with Gasteiger partial charge in [0.15, 0.2) is 21.4 Å². The maximum absolute atomic E-state index is 12.5. The molecule has 0 spiro atoms. The van der Waals surface area contributed by atoms with Crippen LogP contribution in [0.25, 0.3) is 0 Å². The topological polar surface area (TPSA) is 90.0 Å². The molecule has 2 aliphatic heterocycles. The number of carbonyl (C=O) groups is 2. The summed E-state index contributed by atoms with van der Waals surface area (Å²) in [5, 5.41) is -0.198. The van der Waals surface area contributed by atoms with Crippen LogP contribution in [0.3, 0.4) is 0 Å². The van der Waals surface area contributed by atoms with E-state index in [1.54, 1.807) is 6.92 Å². The largest absolute Gasteiger partial charge is 0.519 e. The predicted octanol–water partition coefficient (Wildman–Crippen LogP) is 2.13. The summed E-state index contributed by atoms with van der Waals surface area (Å²) in [6.45, 7) is 5.10. The van der Waals surface area contributed by atoms with E-state index >= 15 is 0 Å². The molecule has 1 aromatic rings. The second kappa shape index (κ2) is 5.38. The first-order valence-corrected chi connectivity index (χ1v) is 9.16. The maximum Gasteiger partial charge on any atom is 0.519 e. The number of β-lactam (4-membered cyclic amide) rings is 1. The van der Waals surface area contributed by atoms with Crippen molar-refractivity contribution in [3.63, 3.8) is 0 Å². The lowest BCUT2D eigenvalue weighted by Crippen LogP contribution is -2.68. The van der Waals surface area contributed by atoms with Gasteiger partial charge in [0.05, 0.1) is 0 Å². The SMILES string of the molecule is Cc1oc(=O)oc1COC(=O)[C@@H]1N2C(=O)C(Br)(Br)[C@H]2SC1(C)C. The molecule has 126 valence electrons. The molecule has 2 atom stereocenters. The standard InChI is InChI=1S/C13H13Br2NO6S/c1-5-6(22-11(19)21-5)4-20-8(17)7-12(2,3)23-10-13(14,15)9(18)16(7)10/h7,10H,4H2,1-3H3/t7-,10+/m0/s1. The van der Waals surface area contributed by atoms with E-state index in [9.17, 15) is 14.4 Å². The summed E-state index contributed by atoms with van der Waals surface area (Å²) in [4.78, 5) is 37.2. The second-order valence-corrected chi connectivity index (χ2v) is 11.2. The van der Waals surface area contributed by atoms with E-state index in [4.69, 9.17) is 13.6 Å². The maximum atomic E-state index is 12.5. The molecule has 2 saturated heterocycles. The van der Waals surface area contributed by atoms with E-state index < -0.39 is 25.8 Å². The summed E-state index contributed by atoms with van der Waals surface area (Å²) in [6.07, 6.45) is 0. The Morgan fingerprint density at radius 1 is 1.35 bits per heavy atom. The zero-order chi connectivity index (χ0) is 17.2. The van der Waals surface area contributed by atoms with E-state index in [1.165, 1.54) is 16.7 Å². The number of amides is 1. The highest BCUT2D eigenvalue weighted by Crippen LogP contribution is 2.60. The van der Waals surface area contributed by atoms with Gasteiger partial charge >= 0.3 is 11.8 Å². The predicted molar refractivity (Wildman–Crippen MR) is 88.5 cm³/mol. The molecule has 2 fully saturated rings. The van der Waals surface area contributed by atoms with E-state index in [1.807, 2.05) is 13.8 Å². The van der Waals surface area contributed by atoms with Crippen molar-refractivity contribution in [2.24, 2.45) is 0 Å². The Morgan fingerprint density at radius 2 is 2.00 bits per heavy atom. The summed E-state index contributed by atoms with van der Waals surface area (Å²) in [5.74, 6) is -1.17. The quantitative estimate of drug-likeness (QED) is 0.379. The minimum absolute atomic E-state index is 0.161. The van der Waals surface area contributed by atoms with Gasteiger partial charge in [-0.15, -0.1) is 11.8 Å². The molecule has 23 heavy (non-hydrogen) atoms. The average Bonchev–Trinajstić information content (AvgIpc) is 2.91. The fraction of sp³-hybridized carbons (Fsp3) is 0.615. The lowest BCUT2D eigenvalue weighted by molar-refractivity contribution is -0.162. The number of ether oxygens (including phenoxy) is 1. The lowest BCUT2D eigenvalue weighted by Gasteiger charge is -2.46. The number of hydrogen-bond acceptors (Lipinski definition) is 7. The van der Waals surface area contributed by atoms with E-state index in [-0.39, 0.29) is 29.4 Å². The van der Waals surface area contributed by atoms with Crippen molar-refractivity contribution < 1.29 is 23.2 Å². The smallest absolute Gasteiger partial charge is 0.456 e. The van der Waals surface area contributed by atoms with Crippen LogP contribution in [0.15, 0.2) is 13.6 Å². The van der Waals surface area contributed by atoms with Crippen LogP contribution in [0.4, 0.5) is 0 Å². The molecule has 1 amide bonds. The van der Waals surface area contributed by atoms with Crippen molar-refractivity contribution in [3.05, 3.63) is 22.1 Å². The molecule has 0 aromatic carbocycles. The van der Waals surface area contributed by atoms with Crippen molar-refractivity contribution in [2.75, 3.05) is 0 Å². The first-order chi connectivity index (χ1) is 10.6. The minimum Gasteiger partial charge on any atom is -0.456 e. The van der Waals surface area contributed by atoms with Crippen molar-refractivity contribution in [3.8, 4) is 0 Å². The van der Waals surface area contributed by atoms with Crippen molar-refractivity contribution in [1.29, 1.82) is 0 Å². The van der Waals surface area contributed by atoms with Gasteiger partial charge in [-0.25, -0.2) is 9.59 Å². The van der Waals surface area contributed by atoms with Gasteiger partial charge in [-0.3, -0.25) is 4.79 Å². The summed E-state index contributed by atoms with van der Waals surface area (Å²) < 4.78 is 13.4. The third kappa shape index (κ3) is 2.58. The van der Waals surface area contributed by atoms with E-state index in [0.717, 1.165) is 0 Å². The molecule has 3 heterocycles. The molecule has 0 saturated carbocycles. The van der Waals surface area contributed by atoms with Crippen LogP contribution in [0.2, 0.25) is 0 Å². The van der Waals surface area contributed by atoms with Gasteiger partial charge in [0, 0.05) is 4.75 Å². The van der Waals surface area contributed by atoms with E-state index in [0.29, 0.717) is 0 Å². The normalized spacial score (nSPS) is 27.5. The van der Waals surface area contributed by atoms with Gasteiger partial charge in [0.1, 0.15) is 11.4 Å². The van der Waals surface area contributed by atoms with Crippen LogP contribution in [-0.4, -0.2) is 36.2 Å². The van der Waals surface area contributed by atoms with Gasteiger partial charge in [-0.2, -0.15) is 0 Å². The summed E-state index contributed by atoms with van der Waals surface area (Å²) in [7, 11) is 0. The van der Waals surface area contributed by atoms with Gasteiger partial charge < -0.3 is 18.5 Å². The van der Waals surface area contributed by atoms with Crippen LogP contribution in [0, 0.1) is 6.92 Å². The zero-order valence-corrected chi connectivity index (χ0v) is 16.4. The number of nitrogens with zero attached hydrogens (tertiary/aromatic N) is 1. The summed E-state index contributed by atoms with van der Waals surface area (Å²) in [6, 6.07) is -0.716. The Morgan fingerprint density at radius 3 is 2.57 bits per heavy atom. The molecule has 0 unspecified atom stereocenters. The average molecular weight is 471 g/mol.